The van der Waals surface area contributed by atoms with Gasteiger partial charge in [0.1, 0.15) is 17.0 Å². The van der Waals surface area contributed by atoms with Crippen LogP contribution in [0, 0.1) is 0 Å². The molecule has 1 unspecified atom stereocenters. The molecule has 33 heavy (non-hydrogen) atoms. The molecule has 4 amide bonds. The first-order valence-corrected chi connectivity index (χ1v) is 10.7. The summed E-state index contributed by atoms with van der Waals surface area (Å²) in [5.74, 6) is -0.223. The van der Waals surface area contributed by atoms with E-state index in [0.717, 1.165) is 23.8 Å². The maximum Gasteiger partial charge on any atom is 0.344 e. The average Bonchev–Trinajstić information content (AvgIpc) is 3.04. The van der Waals surface area contributed by atoms with Gasteiger partial charge in [-0.15, -0.1) is 0 Å². The van der Waals surface area contributed by atoms with Crippen molar-refractivity contribution in [2.24, 2.45) is 0 Å². The quantitative estimate of drug-likeness (QED) is 0.560. The smallest absolute Gasteiger partial charge is 0.344 e. The maximum atomic E-state index is 13.0. The molecule has 2 aromatic rings. The third kappa shape index (κ3) is 4.56. The molecule has 10 heteroatoms. The normalized spacial score (nSPS) is 21.2. The highest BCUT2D eigenvalue weighted by Gasteiger charge is 2.50. The van der Waals surface area contributed by atoms with E-state index in [1.807, 2.05) is 17.0 Å². The summed E-state index contributed by atoms with van der Waals surface area (Å²) in [6.07, 6.45) is 0. The van der Waals surface area contributed by atoms with Crippen LogP contribution in [0.4, 0.5) is 10.5 Å². The van der Waals surface area contributed by atoms with Crippen molar-refractivity contribution in [2.75, 3.05) is 44.7 Å². The molecule has 0 aliphatic carbocycles. The third-order valence-electron chi connectivity index (χ3n) is 6.03. The number of nitrogens with zero attached hydrogens (tertiary/aromatic N) is 3. The van der Waals surface area contributed by atoms with Crippen LogP contribution in [0.2, 0.25) is 0 Å². The van der Waals surface area contributed by atoms with Gasteiger partial charge in [-0.2, -0.15) is 5.01 Å². The molecule has 1 atom stereocenters. The number of phenolic OH excluding ortho intramolecular Hbond substituents is 1. The van der Waals surface area contributed by atoms with Crippen molar-refractivity contribution in [1.82, 2.24) is 20.7 Å². The van der Waals surface area contributed by atoms with Gasteiger partial charge in [-0.05, 0) is 48.9 Å². The van der Waals surface area contributed by atoms with E-state index in [0.29, 0.717) is 24.4 Å². The predicted molar refractivity (Wildman–Crippen MR) is 121 cm³/mol. The van der Waals surface area contributed by atoms with Crippen molar-refractivity contribution in [3.05, 3.63) is 54.1 Å². The van der Waals surface area contributed by atoms with Gasteiger partial charge in [0.05, 0.1) is 13.7 Å². The number of anilines is 1. The SMILES string of the molecule is COc1cccc(C2(C)NC(=O)N(NC(=O)CN3CCN(c4ccc(O)cc4)CC3)C2=O)c1. The van der Waals surface area contributed by atoms with E-state index in [1.54, 1.807) is 43.3 Å². The van der Waals surface area contributed by atoms with Crippen molar-refractivity contribution in [1.29, 1.82) is 0 Å². The van der Waals surface area contributed by atoms with E-state index in [9.17, 15) is 19.5 Å². The second kappa shape index (κ2) is 8.99. The lowest BCUT2D eigenvalue weighted by atomic mass is 9.92. The minimum Gasteiger partial charge on any atom is -0.508 e. The van der Waals surface area contributed by atoms with Crippen LogP contribution < -0.4 is 20.4 Å². The zero-order valence-corrected chi connectivity index (χ0v) is 18.6. The number of methoxy groups -OCH3 is 1. The Morgan fingerprint density at radius 3 is 2.48 bits per heavy atom. The zero-order valence-electron chi connectivity index (χ0n) is 18.6. The van der Waals surface area contributed by atoms with Crippen LogP contribution in [-0.4, -0.2) is 72.7 Å². The molecule has 2 aliphatic rings. The van der Waals surface area contributed by atoms with E-state index < -0.39 is 23.4 Å². The Morgan fingerprint density at radius 2 is 1.82 bits per heavy atom. The lowest BCUT2D eigenvalue weighted by Gasteiger charge is -2.35. The zero-order chi connectivity index (χ0) is 23.6. The van der Waals surface area contributed by atoms with Crippen molar-refractivity contribution in [3.8, 4) is 11.5 Å². The number of nitrogens with one attached hydrogen (secondary N) is 2. The minimum atomic E-state index is -1.31. The van der Waals surface area contributed by atoms with Gasteiger partial charge in [0.15, 0.2) is 0 Å². The molecule has 0 spiro atoms. The van der Waals surface area contributed by atoms with Gasteiger partial charge >= 0.3 is 6.03 Å². The highest BCUT2D eigenvalue weighted by molar-refractivity contribution is 6.08. The number of aromatic hydroxyl groups is 1. The van der Waals surface area contributed by atoms with Gasteiger partial charge in [-0.1, -0.05) is 12.1 Å². The number of benzene rings is 2. The van der Waals surface area contributed by atoms with Crippen LogP contribution >= 0.6 is 0 Å². The highest BCUT2D eigenvalue weighted by atomic mass is 16.5. The molecular formula is C23H27N5O5. The Balaban J connectivity index is 1.33. The minimum absolute atomic E-state index is 0.0658. The average molecular weight is 453 g/mol. The van der Waals surface area contributed by atoms with Crippen molar-refractivity contribution in [2.45, 2.75) is 12.5 Å². The summed E-state index contributed by atoms with van der Waals surface area (Å²) in [6.45, 7) is 4.39. The molecule has 0 saturated carbocycles. The first-order valence-electron chi connectivity index (χ1n) is 10.7. The van der Waals surface area contributed by atoms with E-state index in [4.69, 9.17) is 4.74 Å². The summed E-state index contributed by atoms with van der Waals surface area (Å²) in [6, 6.07) is 13.2. The first kappa shape index (κ1) is 22.4. The standard InChI is InChI=1S/C23H27N5O5/c1-23(16-4-3-5-19(14-16)33-2)21(31)28(22(32)24-23)25-20(30)15-26-10-12-27(13-11-26)17-6-8-18(29)9-7-17/h3-9,14,29H,10-13,15H2,1-2H3,(H,24,32)(H,25,30). The molecule has 2 aromatic carbocycles. The van der Waals surface area contributed by atoms with Crippen LogP contribution in [0.25, 0.3) is 0 Å². The summed E-state index contributed by atoms with van der Waals surface area (Å²) in [4.78, 5) is 42.3. The number of hydrazine groups is 1. The largest absolute Gasteiger partial charge is 0.508 e. The van der Waals surface area contributed by atoms with Gasteiger partial charge in [-0.25, -0.2) is 4.79 Å². The van der Waals surface area contributed by atoms with Crippen LogP contribution in [0.5, 0.6) is 11.5 Å². The van der Waals surface area contributed by atoms with Crippen LogP contribution in [0.15, 0.2) is 48.5 Å². The third-order valence-corrected chi connectivity index (χ3v) is 6.03. The Hall–Kier alpha value is -3.79. The molecule has 2 aliphatic heterocycles. The Labute approximate surface area is 191 Å². The second-order valence-corrected chi connectivity index (χ2v) is 8.24. The Bertz CT molecular complexity index is 1050. The molecular weight excluding hydrogens is 426 g/mol. The molecule has 2 fully saturated rings. The number of hydrogen-bond donors (Lipinski definition) is 3. The van der Waals surface area contributed by atoms with Gasteiger partial charge in [0.2, 0.25) is 0 Å². The number of hydrogen-bond acceptors (Lipinski definition) is 7. The Morgan fingerprint density at radius 1 is 1.12 bits per heavy atom. The van der Waals surface area contributed by atoms with Crippen molar-refractivity contribution >= 4 is 23.5 Å². The number of urea groups is 1. The van der Waals surface area contributed by atoms with Crippen molar-refractivity contribution < 1.29 is 24.2 Å². The van der Waals surface area contributed by atoms with Gasteiger partial charge in [0, 0.05) is 31.9 Å². The van der Waals surface area contributed by atoms with Crippen LogP contribution in [0.1, 0.15) is 12.5 Å². The number of carbonyl (C=O) groups is 3. The van der Waals surface area contributed by atoms with Gasteiger partial charge in [-0.3, -0.25) is 19.9 Å². The molecule has 10 nitrogen and oxygen atoms in total. The summed E-state index contributed by atoms with van der Waals surface area (Å²) in [7, 11) is 1.52. The predicted octanol–water partition coefficient (Wildman–Crippen LogP) is 1.02. The number of piperazine rings is 1. The van der Waals surface area contributed by atoms with E-state index in [-0.39, 0.29) is 12.3 Å². The molecule has 4 rings (SSSR count). The fourth-order valence-electron chi connectivity index (χ4n) is 4.06. The number of phenols is 1. The second-order valence-electron chi connectivity index (χ2n) is 8.24. The van der Waals surface area contributed by atoms with Crippen LogP contribution in [-0.2, 0) is 15.1 Å². The Kier molecular flexibility index (Phi) is 6.10. The van der Waals surface area contributed by atoms with Gasteiger partial charge in [0.25, 0.3) is 11.8 Å². The molecule has 0 aromatic heterocycles. The topological polar surface area (TPSA) is 114 Å². The van der Waals surface area contributed by atoms with Crippen molar-refractivity contribution in [3.63, 3.8) is 0 Å². The number of ether oxygens (including phenoxy) is 1. The van der Waals surface area contributed by atoms with Crippen LogP contribution in [0.3, 0.4) is 0 Å². The number of imide groups is 1. The molecule has 0 bridgehead atoms. The van der Waals surface area contributed by atoms with E-state index in [1.165, 1.54) is 7.11 Å². The lowest BCUT2D eigenvalue weighted by molar-refractivity contribution is -0.139. The summed E-state index contributed by atoms with van der Waals surface area (Å²) >= 11 is 0. The molecule has 3 N–H and O–H groups in total. The summed E-state index contributed by atoms with van der Waals surface area (Å²) in [5.41, 5.74) is 2.70. The summed E-state index contributed by atoms with van der Waals surface area (Å²) < 4.78 is 5.21. The molecule has 2 saturated heterocycles. The van der Waals surface area contributed by atoms with Gasteiger partial charge < -0.3 is 20.1 Å². The molecule has 0 radical (unpaired) electrons. The number of carbonyl (C=O) groups excluding carboxylic acids is 3. The fourth-order valence-corrected chi connectivity index (χ4v) is 4.06. The molecule has 174 valence electrons. The highest BCUT2D eigenvalue weighted by Crippen LogP contribution is 2.30. The molecule has 2 heterocycles. The lowest BCUT2D eigenvalue weighted by Crippen LogP contribution is -2.53. The monoisotopic (exact) mass is 453 g/mol. The maximum absolute atomic E-state index is 13.0. The van der Waals surface area contributed by atoms with E-state index in [2.05, 4.69) is 15.6 Å². The number of amides is 4. The first-order chi connectivity index (χ1) is 15.8. The summed E-state index contributed by atoms with van der Waals surface area (Å²) in [5, 5.41) is 12.8. The fraction of sp³-hybridized carbons (Fsp3) is 0.348. The van der Waals surface area contributed by atoms with E-state index >= 15 is 0 Å². The number of rotatable bonds is 6.